The summed E-state index contributed by atoms with van der Waals surface area (Å²) in [6, 6.07) is 8.70. The van der Waals surface area contributed by atoms with E-state index >= 15 is 0 Å². The molecule has 0 saturated heterocycles. The van der Waals surface area contributed by atoms with Gasteiger partial charge in [-0.3, -0.25) is 0 Å². The van der Waals surface area contributed by atoms with Gasteiger partial charge >= 0.3 is 0 Å². The SMILES string of the molecule is CCC(=Cc1ccc(SC)cc1)CNC. The fourth-order valence-electron chi connectivity index (χ4n) is 1.44. The van der Waals surface area contributed by atoms with Crippen molar-refractivity contribution in [1.29, 1.82) is 0 Å². The van der Waals surface area contributed by atoms with Crippen LogP contribution in [-0.4, -0.2) is 19.8 Å². The minimum Gasteiger partial charge on any atom is -0.316 e. The molecular formula is C13H19NS. The second-order valence-corrected chi connectivity index (χ2v) is 4.34. The zero-order chi connectivity index (χ0) is 11.1. The van der Waals surface area contributed by atoms with Crippen LogP contribution in [0.5, 0.6) is 0 Å². The zero-order valence-electron chi connectivity index (χ0n) is 9.71. The molecule has 0 aliphatic rings. The Kier molecular flexibility index (Phi) is 5.51. The fraction of sp³-hybridized carbons (Fsp3) is 0.385. The van der Waals surface area contributed by atoms with Crippen molar-refractivity contribution in [2.75, 3.05) is 19.8 Å². The molecular weight excluding hydrogens is 202 g/mol. The fourth-order valence-corrected chi connectivity index (χ4v) is 1.85. The molecule has 1 aromatic rings. The predicted octanol–water partition coefficient (Wildman–Crippen LogP) is 3.42. The van der Waals surface area contributed by atoms with Gasteiger partial charge in [-0.05, 0) is 37.4 Å². The van der Waals surface area contributed by atoms with Gasteiger partial charge in [0.05, 0.1) is 0 Å². The number of thioether (sulfide) groups is 1. The summed E-state index contributed by atoms with van der Waals surface area (Å²) in [7, 11) is 1.99. The number of nitrogens with one attached hydrogen (secondary N) is 1. The molecule has 0 aromatic heterocycles. The third-order valence-electron chi connectivity index (χ3n) is 2.34. The minimum absolute atomic E-state index is 0.973. The monoisotopic (exact) mass is 221 g/mol. The molecule has 0 bridgehead atoms. The number of benzene rings is 1. The van der Waals surface area contributed by atoms with Crippen LogP contribution in [0.2, 0.25) is 0 Å². The molecule has 1 nitrogen and oxygen atoms in total. The molecule has 1 rings (SSSR count). The highest BCUT2D eigenvalue weighted by atomic mass is 32.2. The van der Waals surface area contributed by atoms with Crippen LogP contribution in [0, 0.1) is 0 Å². The van der Waals surface area contributed by atoms with E-state index in [9.17, 15) is 0 Å². The lowest BCUT2D eigenvalue weighted by atomic mass is 10.1. The average molecular weight is 221 g/mol. The largest absolute Gasteiger partial charge is 0.316 e. The second kappa shape index (κ2) is 6.70. The number of rotatable bonds is 5. The van der Waals surface area contributed by atoms with Crippen LogP contribution in [0.15, 0.2) is 34.7 Å². The Hall–Kier alpha value is -0.730. The van der Waals surface area contributed by atoms with Crippen LogP contribution in [0.4, 0.5) is 0 Å². The van der Waals surface area contributed by atoms with E-state index in [-0.39, 0.29) is 0 Å². The highest BCUT2D eigenvalue weighted by Crippen LogP contribution is 2.16. The van der Waals surface area contributed by atoms with Crippen molar-refractivity contribution >= 4 is 17.8 Å². The van der Waals surface area contributed by atoms with Crippen LogP contribution in [0.25, 0.3) is 6.08 Å². The molecule has 0 atom stereocenters. The van der Waals surface area contributed by atoms with Crippen LogP contribution < -0.4 is 5.32 Å². The van der Waals surface area contributed by atoms with E-state index in [4.69, 9.17) is 0 Å². The van der Waals surface area contributed by atoms with Crippen molar-refractivity contribution in [1.82, 2.24) is 5.32 Å². The molecule has 0 saturated carbocycles. The molecule has 0 amide bonds. The van der Waals surface area contributed by atoms with Crippen molar-refractivity contribution in [2.45, 2.75) is 18.2 Å². The predicted molar refractivity (Wildman–Crippen MR) is 70.4 cm³/mol. The molecule has 0 heterocycles. The first-order valence-electron chi connectivity index (χ1n) is 5.28. The molecule has 0 aliphatic carbocycles. The van der Waals surface area contributed by atoms with Gasteiger partial charge < -0.3 is 5.32 Å². The summed E-state index contributed by atoms with van der Waals surface area (Å²) in [5, 5.41) is 3.19. The first-order valence-corrected chi connectivity index (χ1v) is 6.50. The molecule has 0 unspecified atom stereocenters. The van der Waals surface area contributed by atoms with E-state index in [2.05, 4.69) is 48.8 Å². The molecule has 82 valence electrons. The summed E-state index contributed by atoms with van der Waals surface area (Å²) >= 11 is 1.78. The van der Waals surface area contributed by atoms with Crippen molar-refractivity contribution in [3.05, 3.63) is 35.4 Å². The van der Waals surface area contributed by atoms with Gasteiger partial charge in [-0.25, -0.2) is 0 Å². The van der Waals surface area contributed by atoms with Gasteiger partial charge in [0.2, 0.25) is 0 Å². The lowest BCUT2D eigenvalue weighted by molar-refractivity contribution is 0.851. The lowest BCUT2D eigenvalue weighted by Crippen LogP contribution is -2.09. The van der Waals surface area contributed by atoms with Crippen molar-refractivity contribution in [3.63, 3.8) is 0 Å². The standard InChI is InChI=1S/C13H19NS/c1-4-11(10-14-2)9-12-5-7-13(15-3)8-6-12/h5-9,14H,4,10H2,1-3H3. The van der Waals surface area contributed by atoms with Crippen molar-refractivity contribution < 1.29 is 0 Å². The Labute approximate surface area is 97.0 Å². The molecule has 0 fully saturated rings. The van der Waals surface area contributed by atoms with E-state index in [0.717, 1.165) is 13.0 Å². The summed E-state index contributed by atoms with van der Waals surface area (Å²) in [5.74, 6) is 0. The maximum atomic E-state index is 3.19. The topological polar surface area (TPSA) is 12.0 Å². The van der Waals surface area contributed by atoms with Gasteiger partial charge in [-0.1, -0.05) is 30.7 Å². The highest BCUT2D eigenvalue weighted by Gasteiger charge is 1.94. The van der Waals surface area contributed by atoms with E-state index < -0.39 is 0 Å². The van der Waals surface area contributed by atoms with E-state index in [1.54, 1.807) is 11.8 Å². The third kappa shape index (κ3) is 4.10. The quantitative estimate of drug-likeness (QED) is 0.765. The second-order valence-electron chi connectivity index (χ2n) is 3.46. The summed E-state index contributed by atoms with van der Waals surface area (Å²) in [6.07, 6.45) is 5.47. The lowest BCUT2D eigenvalue weighted by Gasteiger charge is -2.04. The summed E-state index contributed by atoms with van der Waals surface area (Å²) < 4.78 is 0. The minimum atomic E-state index is 0.973. The van der Waals surface area contributed by atoms with E-state index in [1.165, 1.54) is 16.0 Å². The first-order chi connectivity index (χ1) is 7.30. The maximum Gasteiger partial charge on any atom is 0.0164 e. The van der Waals surface area contributed by atoms with Gasteiger partial charge in [-0.15, -0.1) is 11.8 Å². The highest BCUT2D eigenvalue weighted by molar-refractivity contribution is 7.98. The first kappa shape index (κ1) is 12.3. The summed E-state index contributed by atoms with van der Waals surface area (Å²) in [6.45, 7) is 3.17. The Bertz CT molecular complexity index is 314. The van der Waals surface area contributed by atoms with Gasteiger partial charge in [0.1, 0.15) is 0 Å². The third-order valence-corrected chi connectivity index (χ3v) is 3.09. The Morgan fingerprint density at radius 2 is 2.00 bits per heavy atom. The molecule has 0 spiro atoms. The summed E-state index contributed by atoms with van der Waals surface area (Å²) in [5.41, 5.74) is 2.73. The number of hydrogen-bond acceptors (Lipinski definition) is 2. The molecule has 0 aliphatic heterocycles. The molecule has 1 aromatic carbocycles. The molecule has 15 heavy (non-hydrogen) atoms. The Morgan fingerprint density at radius 3 is 2.47 bits per heavy atom. The van der Waals surface area contributed by atoms with Crippen LogP contribution >= 0.6 is 11.8 Å². The number of likely N-dealkylation sites (N-methyl/N-ethyl adjacent to an activating group) is 1. The maximum absolute atomic E-state index is 3.19. The van der Waals surface area contributed by atoms with Gasteiger partial charge in [0.25, 0.3) is 0 Å². The Morgan fingerprint density at radius 1 is 1.33 bits per heavy atom. The van der Waals surface area contributed by atoms with Crippen molar-refractivity contribution in [2.24, 2.45) is 0 Å². The molecule has 1 N–H and O–H groups in total. The zero-order valence-corrected chi connectivity index (χ0v) is 10.5. The van der Waals surface area contributed by atoms with E-state index in [1.807, 2.05) is 7.05 Å². The summed E-state index contributed by atoms with van der Waals surface area (Å²) in [4.78, 5) is 1.32. The van der Waals surface area contributed by atoms with Crippen molar-refractivity contribution in [3.8, 4) is 0 Å². The van der Waals surface area contributed by atoms with Crippen LogP contribution in [0.3, 0.4) is 0 Å². The average Bonchev–Trinajstić information content (AvgIpc) is 2.29. The normalized spacial score (nSPS) is 11.8. The van der Waals surface area contributed by atoms with Gasteiger partial charge in [0.15, 0.2) is 0 Å². The van der Waals surface area contributed by atoms with E-state index in [0.29, 0.717) is 0 Å². The molecule has 0 radical (unpaired) electrons. The van der Waals surface area contributed by atoms with Gasteiger partial charge in [0, 0.05) is 11.4 Å². The van der Waals surface area contributed by atoms with Gasteiger partial charge in [-0.2, -0.15) is 0 Å². The number of hydrogen-bond donors (Lipinski definition) is 1. The smallest absolute Gasteiger partial charge is 0.0164 e. The van der Waals surface area contributed by atoms with Crippen LogP contribution in [0.1, 0.15) is 18.9 Å². The molecule has 2 heteroatoms. The van der Waals surface area contributed by atoms with Crippen LogP contribution in [-0.2, 0) is 0 Å². The Balaban J connectivity index is 2.77.